The smallest absolute Gasteiger partial charge is 0.0617 e. The molecule has 0 saturated carbocycles. The van der Waals surface area contributed by atoms with E-state index in [1.807, 2.05) is 49.4 Å². The normalized spacial score (nSPS) is 12.3. The fraction of sp³-hybridized carbons (Fsp3) is 0.167. The van der Waals surface area contributed by atoms with E-state index in [-0.39, 0.29) is 6.61 Å². The maximum atomic E-state index is 8.62. The van der Waals surface area contributed by atoms with Gasteiger partial charge in [0.05, 0.1) is 6.61 Å². The zero-order valence-corrected chi connectivity index (χ0v) is 7.77. The van der Waals surface area contributed by atoms with Crippen LogP contribution in [-0.4, -0.2) is 11.7 Å². The highest BCUT2D eigenvalue weighted by Gasteiger charge is 1.83. The second-order valence-electron chi connectivity index (χ2n) is 2.87. The van der Waals surface area contributed by atoms with Gasteiger partial charge in [0, 0.05) is 0 Å². The Morgan fingerprint density at radius 1 is 1.31 bits per heavy atom. The summed E-state index contributed by atoms with van der Waals surface area (Å²) in [6.07, 6.45) is 5.80. The summed E-state index contributed by atoms with van der Waals surface area (Å²) >= 11 is 0. The van der Waals surface area contributed by atoms with E-state index in [9.17, 15) is 0 Å². The van der Waals surface area contributed by atoms with E-state index in [4.69, 9.17) is 5.11 Å². The maximum Gasteiger partial charge on any atom is 0.0617 e. The van der Waals surface area contributed by atoms with Gasteiger partial charge in [-0.1, -0.05) is 54.1 Å². The van der Waals surface area contributed by atoms with Crippen LogP contribution in [0.2, 0.25) is 0 Å². The third-order valence-electron chi connectivity index (χ3n) is 1.75. The predicted molar refractivity (Wildman–Crippen MR) is 56.3 cm³/mol. The molecule has 0 spiro atoms. The van der Waals surface area contributed by atoms with E-state index < -0.39 is 0 Å². The minimum absolute atomic E-state index is 0.102. The SMILES string of the molecule is CC(=C/CO)/C=C/c1ccccc1. The lowest BCUT2D eigenvalue weighted by Gasteiger charge is -1.92. The van der Waals surface area contributed by atoms with Crippen molar-refractivity contribution in [2.24, 2.45) is 0 Å². The topological polar surface area (TPSA) is 20.2 Å². The molecule has 0 unspecified atom stereocenters. The molecule has 0 aliphatic carbocycles. The molecule has 0 fully saturated rings. The number of hydrogen-bond donors (Lipinski definition) is 1. The zero-order chi connectivity index (χ0) is 9.52. The Bertz CT molecular complexity index is 296. The monoisotopic (exact) mass is 174 g/mol. The average Bonchev–Trinajstić information content (AvgIpc) is 2.17. The van der Waals surface area contributed by atoms with E-state index in [1.54, 1.807) is 6.08 Å². The van der Waals surface area contributed by atoms with Crippen LogP contribution >= 0.6 is 0 Å². The van der Waals surface area contributed by atoms with Gasteiger partial charge in [-0.05, 0) is 12.5 Å². The van der Waals surface area contributed by atoms with Crippen LogP contribution in [0.15, 0.2) is 48.1 Å². The van der Waals surface area contributed by atoms with Gasteiger partial charge in [0.2, 0.25) is 0 Å². The van der Waals surface area contributed by atoms with E-state index in [1.165, 1.54) is 5.56 Å². The Hall–Kier alpha value is -1.34. The first-order chi connectivity index (χ1) is 6.33. The summed E-state index contributed by atoms with van der Waals surface area (Å²) in [6.45, 7) is 2.07. The van der Waals surface area contributed by atoms with Crippen LogP contribution in [-0.2, 0) is 0 Å². The molecule has 13 heavy (non-hydrogen) atoms. The summed E-state index contributed by atoms with van der Waals surface area (Å²) in [5, 5.41) is 8.62. The van der Waals surface area contributed by atoms with E-state index in [0.717, 1.165) is 5.57 Å². The number of rotatable bonds is 3. The molecule has 0 bridgehead atoms. The number of aliphatic hydroxyl groups excluding tert-OH is 1. The van der Waals surface area contributed by atoms with E-state index in [0.29, 0.717) is 0 Å². The quantitative estimate of drug-likeness (QED) is 0.698. The highest BCUT2D eigenvalue weighted by molar-refractivity contribution is 5.52. The molecule has 68 valence electrons. The van der Waals surface area contributed by atoms with Crippen molar-refractivity contribution in [3.63, 3.8) is 0 Å². The standard InChI is InChI=1S/C12H14O/c1-11(9-10-13)7-8-12-5-3-2-4-6-12/h2-9,13H,10H2,1H3/b8-7+,11-9-. The summed E-state index contributed by atoms with van der Waals surface area (Å²) in [5.41, 5.74) is 2.25. The Balaban J connectivity index is 2.64. The molecule has 0 saturated heterocycles. The number of aliphatic hydroxyl groups is 1. The van der Waals surface area contributed by atoms with Crippen molar-refractivity contribution in [1.82, 2.24) is 0 Å². The van der Waals surface area contributed by atoms with Gasteiger partial charge in [0.15, 0.2) is 0 Å². The van der Waals surface area contributed by atoms with Crippen LogP contribution in [0.3, 0.4) is 0 Å². The molecule has 0 aliphatic heterocycles. The van der Waals surface area contributed by atoms with Crippen LogP contribution < -0.4 is 0 Å². The molecule has 1 aromatic carbocycles. The fourth-order valence-corrected chi connectivity index (χ4v) is 1.00. The summed E-state index contributed by atoms with van der Waals surface area (Å²) in [6, 6.07) is 10.1. The zero-order valence-electron chi connectivity index (χ0n) is 7.77. The molecule has 1 rings (SSSR count). The lowest BCUT2D eigenvalue weighted by atomic mass is 10.2. The van der Waals surface area contributed by atoms with Crippen LogP contribution in [0.25, 0.3) is 6.08 Å². The second-order valence-corrected chi connectivity index (χ2v) is 2.87. The molecule has 1 nitrogen and oxygen atoms in total. The summed E-state index contributed by atoms with van der Waals surface area (Å²) in [7, 11) is 0. The summed E-state index contributed by atoms with van der Waals surface area (Å²) < 4.78 is 0. The van der Waals surface area contributed by atoms with Crippen LogP contribution in [0.5, 0.6) is 0 Å². The highest BCUT2D eigenvalue weighted by Crippen LogP contribution is 2.04. The van der Waals surface area contributed by atoms with Crippen molar-refractivity contribution >= 4 is 6.08 Å². The number of allylic oxidation sites excluding steroid dienone is 2. The summed E-state index contributed by atoms with van der Waals surface area (Å²) in [4.78, 5) is 0. The van der Waals surface area contributed by atoms with Gasteiger partial charge in [0.1, 0.15) is 0 Å². The van der Waals surface area contributed by atoms with Gasteiger partial charge >= 0.3 is 0 Å². The molecule has 0 aromatic heterocycles. The van der Waals surface area contributed by atoms with Crippen molar-refractivity contribution in [1.29, 1.82) is 0 Å². The molecule has 0 atom stereocenters. The number of benzene rings is 1. The molecule has 1 heteroatoms. The molecule has 0 amide bonds. The van der Waals surface area contributed by atoms with E-state index in [2.05, 4.69) is 0 Å². The Morgan fingerprint density at radius 3 is 2.62 bits per heavy atom. The van der Waals surface area contributed by atoms with Gasteiger partial charge < -0.3 is 5.11 Å². The average molecular weight is 174 g/mol. The number of hydrogen-bond acceptors (Lipinski definition) is 1. The predicted octanol–water partition coefficient (Wildman–Crippen LogP) is 2.64. The Morgan fingerprint density at radius 2 is 2.00 bits per heavy atom. The molecule has 0 heterocycles. The molecule has 1 aromatic rings. The first kappa shape index (κ1) is 9.75. The van der Waals surface area contributed by atoms with Crippen molar-refractivity contribution in [2.45, 2.75) is 6.92 Å². The molecule has 0 aliphatic rings. The van der Waals surface area contributed by atoms with Crippen molar-refractivity contribution in [3.8, 4) is 0 Å². The molecule has 0 radical (unpaired) electrons. The highest BCUT2D eigenvalue weighted by atomic mass is 16.2. The lowest BCUT2D eigenvalue weighted by Crippen LogP contribution is -1.75. The van der Waals surface area contributed by atoms with Gasteiger partial charge in [-0.25, -0.2) is 0 Å². The van der Waals surface area contributed by atoms with Crippen LogP contribution in [0.4, 0.5) is 0 Å². The molecule has 1 N–H and O–H groups in total. The minimum atomic E-state index is 0.102. The molecular weight excluding hydrogens is 160 g/mol. The maximum absolute atomic E-state index is 8.62. The minimum Gasteiger partial charge on any atom is -0.392 e. The lowest BCUT2D eigenvalue weighted by molar-refractivity contribution is 0.342. The fourth-order valence-electron chi connectivity index (χ4n) is 1.00. The first-order valence-corrected chi connectivity index (χ1v) is 4.33. The third kappa shape index (κ3) is 3.72. The third-order valence-corrected chi connectivity index (χ3v) is 1.75. The Labute approximate surface area is 79.0 Å². The molecular formula is C12H14O. The van der Waals surface area contributed by atoms with Gasteiger partial charge in [0.25, 0.3) is 0 Å². The summed E-state index contributed by atoms with van der Waals surface area (Å²) in [5.74, 6) is 0. The largest absolute Gasteiger partial charge is 0.392 e. The van der Waals surface area contributed by atoms with Crippen LogP contribution in [0.1, 0.15) is 12.5 Å². The van der Waals surface area contributed by atoms with Crippen molar-refractivity contribution in [3.05, 3.63) is 53.6 Å². The van der Waals surface area contributed by atoms with Crippen LogP contribution in [0, 0.1) is 0 Å². The van der Waals surface area contributed by atoms with Gasteiger partial charge in [-0.2, -0.15) is 0 Å². The van der Waals surface area contributed by atoms with Crippen molar-refractivity contribution in [2.75, 3.05) is 6.61 Å². The second kappa shape index (κ2) is 5.33. The van der Waals surface area contributed by atoms with Gasteiger partial charge in [-0.15, -0.1) is 0 Å². The van der Waals surface area contributed by atoms with E-state index >= 15 is 0 Å². The van der Waals surface area contributed by atoms with Gasteiger partial charge in [-0.3, -0.25) is 0 Å². The first-order valence-electron chi connectivity index (χ1n) is 4.33. The van der Waals surface area contributed by atoms with Crippen molar-refractivity contribution < 1.29 is 5.11 Å². The Kier molecular flexibility index (Phi) is 4.00.